The summed E-state index contributed by atoms with van der Waals surface area (Å²) in [6.45, 7) is 1.91. The van der Waals surface area contributed by atoms with Crippen LogP contribution in [0.25, 0.3) is 0 Å². The summed E-state index contributed by atoms with van der Waals surface area (Å²) in [5.41, 5.74) is 0.729. The number of amides is 1. The van der Waals surface area contributed by atoms with E-state index in [0.717, 1.165) is 37.9 Å². The van der Waals surface area contributed by atoms with Gasteiger partial charge in [0.15, 0.2) is 0 Å². The molecule has 5 nitrogen and oxygen atoms in total. The van der Waals surface area contributed by atoms with Crippen LogP contribution in [-0.4, -0.2) is 41.0 Å². The van der Waals surface area contributed by atoms with Crippen molar-refractivity contribution in [3.05, 3.63) is 54.4 Å². The lowest BCUT2D eigenvalue weighted by molar-refractivity contribution is 0.0680. The van der Waals surface area contributed by atoms with E-state index < -0.39 is 0 Å². The lowest BCUT2D eigenvalue weighted by Crippen LogP contribution is -2.42. The van der Waals surface area contributed by atoms with Crippen LogP contribution in [0.5, 0.6) is 11.5 Å². The van der Waals surface area contributed by atoms with Crippen molar-refractivity contribution in [1.29, 1.82) is 0 Å². The van der Waals surface area contributed by atoms with Gasteiger partial charge in [0, 0.05) is 30.4 Å². The van der Waals surface area contributed by atoms with E-state index in [0.29, 0.717) is 23.6 Å². The summed E-state index contributed by atoms with van der Waals surface area (Å²) in [6.07, 6.45) is 6.65. The molecule has 2 aliphatic rings. The van der Waals surface area contributed by atoms with E-state index in [9.17, 15) is 4.79 Å². The molecule has 140 valence electrons. The van der Waals surface area contributed by atoms with Crippen molar-refractivity contribution in [3.63, 3.8) is 0 Å². The summed E-state index contributed by atoms with van der Waals surface area (Å²) in [7, 11) is 0. The number of carbonyl (C=O) groups excluding carboxylic acids is 1. The zero-order valence-electron chi connectivity index (χ0n) is 14.3. The van der Waals surface area contributed by atoms with Gasteiger partial charge in [-0.15, -0.1) is 24.8 Å². The van der Waals surface area contributed by atoms with Crippen LogP contribution in [0.3, 0.4) is 0 Å². The first kappa shape index (κ1) is 20.5. The quantitative estimate of drug-likeness (QED) is 0.860. The molecule has 3 heterocycles. The van der Waals surface area contributed by atoms with Gasteiger partial charge in [-0.2, -0.15) is 0 Å². The highest BCUT2D eigenvalue weighted by Crippen LogP contribution is 2.30. The third-order valence-electron chi connectivity index (χ3n) is 4.86. The van der Waals surface area contributed by atoms with Crippen LogP contribution in [0.2, 0.25) is 0 Å². The molecule has 26 heavy (non-hydrogen) atoms. The first-order valence-corrected chi connectivity index (χ1v) is 8.52. The summed E-state index contributed by atoms with van der Waals surface area (Å²) in [4.78, 5) is 19.1. The highest BCUT2D eigenvalue weighted by Gasteiger charge is 2.38. The molecule has 2 fully saturated rings. The minimum absolute atomic E-state index is 0. The number of hydrogen-bond donors (Lipinski definition) is 1. The molecule has 1 amide bonds. The van der Waals surface area contributed by atoms with Crippen molar-refractivity contribution in [1.82, 2.24) is 15.2 Å². The maximum Gasteiger partial charge on any atom is 0.254 e. The zero-order valence-corrected chi connectivity index (χ0v) is 16.0. The van der Waals surface area contributed by atoms with Gasteiger partial charge in [0.2, 0.25) is 0 Å². The van der Waals surface area contributed by atoms with Gasteiger partial charge in [0.1, 0.15) is 11.5 Å². The van der Waals surface area contributed by atoms with Crippen LogP contribution >= 0.6 is 24.8 Å². The number of fused-ring (bicyclic) bond motifs is 2. The van der Waals surface area contributed by atoms with E-state index >= 15 is 0 Å². The number of ether oxygens (including phenoxy) is 1. The Morgan fingerprint density at radius 3 is 2.54 bits per heavy atom. The summed E-state index contributed by atoms with van der Waals surface area (Å²) >= 11 is 0. The SMILES string of the molecule is Cl.Cl.O=C(c1ccc(Oc2cccnc2)cc1)N1C2CCNCC1CC2. The fourth-order valence-electron chi connectivity index (χ4n) is 3.67. The molecular weight excluding hydrogens is 373 g/mol. The maximum absolute atomic E-state index is 12.9. The predicted octanol–water partition coefficient (Wildman–Crippen LogP) is 3.68. The average molecular weight is 396 g/mol. The van der Waals surface area contributed by atoms with Crippen LogP contribution in [0, 0.1) is 0 Å². The number of nitrogens with zero attached hydrogens (tertiary/aromatic N) is 2. The van der Waals surface area contributed by atoms with Crippen LogP contribution in [-0.2, 0) is 0 Å². The van der Waals surface area contributed by atoms with E-state index in [1.165, 1.54) is 0 Å². The second-order valence-corrected chi connectivity index (χ2v) is 6.41. The summed E-state index contributed by atoms with van der Waals surface area (Å²) in [5.74, 6) is 1.53. The molecule has 7 heteroatoms. The molecule has 1 aromatic carbocycles. The molecule has 4 rings (SSSR count). The Labute approximate surface area is 166 Å². The van der Waals surface area contributed by atoms with Crippen LogP contribution in [0.1, 0.15) is 29.6 Å². The number of hydrogen-bond acceptors (Lipinski definition) is 4. The minimum Gasteiger partial charge on any atom is -0.456 e. The number of benzene rings is 1. The number of rotatable bonds is 3. The van der Waals surface area contributed by atoms with Crippen molar-refractivity contribution >= 4 is 30.7 Å². The molecule has 2 aliphatic heterocycles. The zero-order chi connectivity index (χ0) is 16.4. The Morgan fingerprint density at radius 2 is 1.81 bits per heavy atom. The lowest BCUT2D eigenvalue weighted by Gasteiger charge is -2.28. The topological polar surface area (TPSA) is 54.5 Å². The number of nitrogens with one attached hydrogen (secondary N) is 1. The second-order valence-electron chi connectivity index (χ2n) is 6.41. The molecule has 0 aliphatic carbocycles. The second kappa shape index (κ2) is 9.21. The average Bonchev–Trinajstić information content (AvgIpc) is 2.89. The Bertz CT molecular complexity index is 698. The van der Waals surface area contributed by atoms with Gasteiger partial charge in [0.05, 0.1) is 6.20 Å². The minimum atomic E-state index is 0. The van der Waals surface area contributed by atoms with Crippen molar-refractivity contribution in [3.8, 4) is 11.5 Å². The lowest BCUT2D eigenvalue weighted by atomic mass is 10.1. The summed E-state index contributed by atoms with van der Waals surface area (Å²) < 4.78 is 5.74. The molecule has 1 N–H and O–H groups in total. The number of aromatic nitrogens is 1. The van der Waals surface area contributed by atoms with Crippen LogP contribution in [0.4, 0.5) is 0 Å². The highest BCUT2D eigenvalue weighted by molar-refractivity contribution is 5.95. The molecule has 0 spiro atoms. The number of carbonyl (C=O) groups is 1. The highest BCUT2D eigenvalue weighted by atomic mass is 35.5. The largest absolute Gasteiger partial charge is 0.456 e. The Kier molecular flexibility index (Phi) is 7.26. The molecular formula is C19H23Cl2N3O2. The first-order chi connectivity index (χ1) is 11.8. The van der Waals surface area contributed by atoms with Gasteiger partial charge < -0.3 is 15.0 Å². The Balaban J connectivity index is 0.00000121. The molecule has 2 atom stereocenters. The molecule has 2 saturated heterocycles. The summed E-state index contributed by atoms with van der Waals surface area (Å²) in [6, 6.07) is 11.8. The monoisotopic (exact) mass is 395 g/mol. The fraction of sp³-hybridized carbons (Fsp3) is 0.368. The van der Waals surface area contributed by atoms with E-state index in [-0.39, 0.29) is 30.7 Å². The van der Waals surface area contributed by atoms with E-state index in [1.54, 1.807) is 12.4 Å². The predicted molar refractivity (Wildman–Crippen MR) is 106 cm³/mol. The first-order valence-electron chi connectivity index (χ1n) is 8.52. The maximum atomic E-state index is 12.9. The molecule has 0 saturated carbocycles. The molecule has 2 aromatic rings. The van der Waals surface area contributed by atoms with E-state index in [4.69, 9.17) is 4.74 Å². The van der Waals surface area contributed by atoms with Gasteiger partial charge in [-0.1, -0.05) is 0 Å². The summed E-state index contributed by atoms with van der Waals surface area (Å²) in [5, 5.41) is 3.43. The van der Waals surface area contributed by atoms with Gasteiger partial charge in [-0.05, 0) is 62.2 Å². The molecule has 1 aromatic heterocycles. The number of halogens is 2. The van der Waals surface area contributed by atoms with E-state index in [1.807, 2.05) is 36.4 Å². The smallest absolute Gasteiger partial charge is 0.254 e. The van der Waals surface area contributed by atoms with Gasteiger partial charge in [-0.25, -0.2) is 0 Å². The van der Waals surface area contributed by atoms with Crippen molar-refractivity contribution in [2.45, 2.75) is 31.3 Å². The molecule has 0 radical (unpaired) electrons. The fourth-order valence-corrected chi connectivity index (χ4v) is 3.67. The van der Waals surface area contributed by atoms with E-state index in [2.05, 4.69) is 15.2 Å². The standard InChI is InChI=1S/C19H21N3O2.2ClH/c23-19(22-15-5-6-16(22)12-21-11-9-15)14-3-7-17(8-4-14)24-18-2-1-10-20-13-18;;/h1-4,7-8,10,13,15-16,21H,5-6,9,11-12H2;2*1H. The van der Waals surface area contributed by atoms with Crippen LogP contribution in [0.15, 0.2) is 48.8 Å². The third-order valence-corrected chi connectivity index (χ3v) is 4.86. The van der Waals surface area contributed by atoms with Crippen molar-refractivity contribution < 1.29 is 9.53 Å². The third kappa shape index (κ3) is 4.29. The molecule has 2 bridgehead atoms. The van der Waals surface area contributed by atoms with Gasteiger partial charge >= 0.3 is 0 Å². The van der Waals surface area contributed by atoms with Crippen molar-refractivity contribution in [2.75, 3.05) is 13.1 Å². The van der Waals surface area contributed by atoms with Gasteiger partial charge in [-0.3, -0.25) is 9.78 Å². The Hall–Kier alpha value is -1.82. The Morgan fingerprint density at radius 1 is 1.04 bits per heavy atom. The van der Waals surface area contributed by atoms with Gasteiger partial charge in [0.25, 0.3) is 5.91 Å². The van der Waals surface area contributed by atoms with Crippen molar-refractivity contribution in [2.24, 2.45) is 0 Å². The normalized spacial score (nSPS) is 21.2. The van der Waals surface area contributed by atoms with Crippen LogP contribution < -0.4 is 10.1 Å². The number of pyridine rings is 1. The molecule has 2 unspecified atom stereocenters.